The van der Waals surface area contributed by atoms with Gasteiger partial charge in [0.25, 0.3) is 0 Å². The van der Waals surface area contributed by atoms with Crippen molar-refractivity contribution in [3.63, 3.8) is 0 Å². The van der Waals surface area contributed by atoms with Gasteiger partial charge >= 0.3 is 0 Å². The third-order valence-corrected chi connectivity index (χ3v) is 5.15. The van der Waals surface area contributed by atoms with Crippen molar-refractivity contribution in [1.29, 1.82) is 0 Å². The van der Waals surface area contributed by atoms with Crippen molar-refractivity contribution in [3.05, 3.63) is 29.0 Å². The van der Waals surface area contributed by atoms with Crippen molar-refractivity contribution in [3.8, 4) is 0 Å². The standard InChI is InChI=1S/C16H20ClN3/c17-13-7-4-8-14-16(13)20-10-9-19(11-15(20)18-14)12-5-2-1-3-6-12/h4,7-8,12H,1-3,5-6,9-11H2. The summed E-state index contributed by atoms with van der Waals surface area (Å²) in [6, 6.07) is 6.79. The second kappa shape index (κ2) is 5.05. The van der Waals surface area contributed by atoms with Crippen LogP contribution in [-0.4, -0.2) is 27.0 Å². The molecule has 2 aromatic rings. The Morgan fingerprint density at radius 2 is 1.95 bits per heavy atom. The maximum atomic E-state index is 6.35. The Morgan fingerprint density at radius 1 is 1.10 bits per heavy atom. The average molecular weight is 290 g/mol. The number of nitrogens with zero attached hydrogens (tertiary/aromatic N) is 3. The summed E-state index contributed by atoms with van der Waals surface area (Å²) in [6.07, 6.45) is 6.92. The molecule has 0 amide bonds. The minimum absolute atomic E-state index is 0.771. The van der Waals surface area contributed by atoms with E-state index in [9.17, 15) is 0 Å². The molecule has 1 aliphatic heterocycles. The van der Waals surface area contributed by atoms with Crippen LogP contribution in [-0.2, 0) is 13.1 Å². The van der Waals surface area contributed by atoms with Gasteiger partial charge in [0.1, 0.15) is 5.82 Å². The van der Waals surface area contributed by atoms with Crippen LogP contribution >= 0.6 is 11.6 Å². The molecule has 20 heavy (non-hydrogen) atoms. The monoisotopic (exact) mass is 289 g/mol. The maximum Gasteiger partial charge on any atom is 0.124 e. The molecule has 1 aromatic heterocycles. The van der Waals surface area contributed by atoms with Gasteiger partial charge in [0, 0.05) is 19.1 Å². The number of hydrogen-bond acceptors (Lipinski definition) is 2. The Morgan fingerprint density at radius 3 is 2.80 bits per heavy atom. The van der Waals surface area contributed by atoms with Gasteiger partial charge in [0.2, 0.25) is 0 Å². The van der Waals surface area contributed by atoms with E-state index < -0.39 is 0 Å². The lowest BCUT2D eigenvalue weighted by molar-refractivity contribution is 0.122. The van der Waals surface area contributed by atoms with E-state index in [1.807, 2.05) is 12.1 Å². The van der Waals surface area contributed by atoms with Gasteiger partial charge in [-0.3, -0.25) is 4.90 Å². The van der Waals surface area contributed by atoms with E-state index in [0.717, 1.165) is 41.7 Å². The van der Waals surface area contributed by atoms with E-state index in [4.69, 9.17) is 16.6 Å². The first kappa shape index (κ1) is 12.7. The third kappa shape index (κ3) is 2.04. The smallest absolute Gasteiger partial charge is 0.124 e. The minimum atomic E-state index is 0.771. The molecule has 0 radical (unpaired) electrons. The fraction of sp³-hybridized carbons (Fsp3) is 0.562. The zero-order valence-corrected chi connectivity index (χ0v) is 12.4. The highest BCUT2D eigenvalue weighted by molar-refractivity contribution is 6.35. The van der Waals surface area contributed by atoms with Crippen LogP contribution in [0.4, 0.5) is 0 Å². The lowest BCUT2D eigenvalue weighted by Gasteiger charge is -2.37. The normalized spacial score (nSPS) is 21.2. The highest BCUT2D eigenvalue weighted by Gasteiger charge is 2.27. The first-order valence-electron chi connectivity index (χ1n) is 7.70. The molecule has 2 heterocycles. The second-order valence-electron chi connectivity index (χ2n) is 6.05. The quantitative estimate of drug-likeness (QED) is 0.795. The van der Waals surface area contributed by atoms with Crippen LogP contribution in [0.25, 0.3) is 11.0 Å². The van der Waals surface area contributed by atoms with Crippen molar-refractivity contribution >= 4 is 22.6 Å². The molecule has 1 aromatic carbocycles. The Bertz CT molecular complexity index is 628. The second-order valence-corrected chi connectivity index (χ2v) is 6.46. The number of fused-ring (bicyclic) bond motifs is 3. The maximum absolute atomic E-state index is 6.35. The average Bonchev–Trinajstić information content (AvgIpc) is 2.87. The minimum Gasteiger partial charge on any atom is -0.324 e. The summed E-state index contributed by atoms with van der Waals surface area (Å²) >= 11 is 6.35. The van der Waals surface area contributed by atoms with Crippen LogP contribution in [0.1, 0.15) is 37.9 Å². The zero-order valence-electron chi connectivity index (χ0n) is 11.7. The summed E-state index contributed by atoms with van der Waals surface area (Å²) in [5, 5.41) is 0.826. The fourth-order valence-electron chi connectivity index (χ4n) is 3.80. The van der Waals surface area contributed by atoms with Gasteiger partial charge in [-0.15, -0.1) is 0 Å². The molecule has 1 saturated carbocycles. The summed E-state index contributed by atoms with van der Waals surface area (Å²) in [6.45, 7) is 3.14. The number of rotatable bonds is 1. The molecule has 0 unspecified atom stereocenters. The van der Waals surface area contributed by atoms with E-state index in [-0.39, 0.29) is 0 Å². The number of halogens is 1. The van der Waals surface area contributed by atoms with Crippen LogP contribution < -0.4 is 0 Å². The molecule has 0 bridgehead atoms. The van der Waals surface area contributed by atoms with Gasteiger partial charge in [-0.1, -0.05) is 36.9 Å². The first-order chi connectivity index (χ1) is 9.83. The number of aromatic nitrogens is 2. The Labute approximate surface area is 124 Å². The summed E-state index contributed by atoms with van der Waals surface area (Å²) in [5.41, 5.74) is 2.16. The van der Waals surface area contributed by atoms with E-state index in [2.05, 4.69) is 15.5 Å². The van der Waals surface area contributed by atoms with Crippen LogP contribution in [0, 0.1) is 0 Å². The summed E-state index contributed by atoms with van der Waals surface area (Å²) in [7, 11) is 0. The molecule has 3 nitrogen and oxygen atoms in total. The van der Waals surface area contributed by atoms with Crippen LogP contribution in [0.5, 0.6) is 0 Å². The van der Waals surface area contributed by atoms with E-state index in [1.165, 1.54) is 37.9 Å². The van der Waals surface area contributed by atoms with Gasteiger partial charge in [-0.2, -0.15) is 0 Å². The molecule has 4 rings (SSSR count). The van der Waals surface area contributed by atoms with Crippen molar-refractivity contribution in [2.75, 3.05) is 6.54 Å². The molecule has 0 N–H and O–H groups in total. The van der Waals surface area contributed by atoms with Crippen molar-refractivity contribution in [2.24, 2.45) is 0 Å². The number of benzene rings is 1. The van der Waals surface area contributed by atoms with Crippen LogP contribution in [0.3, 0.4) is 0 Å². The number of imidazole rings is 1. The number of hydrogen-bond donors (Lipinski definition) is 0. The van der Waals surface area contributed by atoms with Gasteiger partial charge in [0.05, 0.1) is 22.6 Å². The molecule has 0 saturated heterocycles. The molecular weight excluding hydrogens is 270 g/mol. The molecule has 4 heteroatoms. The molecule has 1 aliphatic carbocycles. The molecule has 0 spiro atoms. The Hall–Kier alpha value is -1.06. The van der Waals surface area contributed by atoms with Crippen molar-refractivity contribution < 1.29 is 0 Å². The fourth-order valence-corrected chi connectivity index (χ4v) is 4.07. The molecular formula is C16H20ClN3. The highest BCUT2D eigenvalue weighted by atomic mass is 35.5. The molecule has 0 atom stereocenters. The Kier molecular flexibility index (Phi) is 3.20. The van der Waals surface area contributed by atoms with Gasteiger partial charge in [0.15, 0.2) is 0 Å². The van der Waals surface area contributed by atoms with E-state index in [1.54, 1.807) is 0 Å². The third-order valence-electron chi connectivity index (χ3n) is 4.84. The van der Waals surface area contributed by atoms with Crippen molar-refractivity contribution in [2.45, 2.75) is 51.2 Å². The first-order valence-corrected chi connectivity index (χ1v) is 8.08. The lowest BCUT2D eigenvalue weighted by Crippen LogP contribution is -2.42. The molecule has 106 valence electrons. The van der Waals surface area contributed by atoms with Gasteiger partial charge < -0.3 is 4.57 Å². The predicted molar refractivity (Wildman–Crippen MR) is 82.0 cm³/mol. The van der Waals surface area contributed by atoms with Crippen LogP contribution in [0.2, 0.25) is 5.02 Å². The van der Waals surface area contributed by atoms with E-state index in [0.29, 0.717) is 0 Å². The molecule has 1 fully saturated rings. The zero-order chi connectivity index (χ0) is 13.5. The molecule has 2 aliphatic rings. The Balaban J connectivity index is 1.66. The highest BCUT2D eigenvalue weighted by Crippen LogP contribution is 2.30. The summed E-state index contributed by atoms with van der Waals surface area (Å²) in [5.74, 6) is 1.19. The van der Waals surface area contributed by atoms with E-state index >= 15 is 0 Å². The SMILES string of the molecule is Clc1cccc2nc3n(c12)CCN(C1CCCCC1)C3. The summed E-state index contributed by atoms with van der Waals surface area (Å²) < 4.78 is 2.32. The lowest BCUT2D eigenvalue weighted by atomic mass is 9.94. The topological polar surface area (TPSA) is 21.1 Å². The number of para-hydroxylation sites is 1. The predicted octanol–water partition coefficient (Wildman–Crippen LogP) is 3.84. The van der Waals surface area contributed by atoms with Gasteiger partial charge in [-0.05, 0) is 25.0 Å². The largest absolute Gasteiger partial charge is 0.324 e. The van der Waals surface area contributed by atoms with Crippen molar-refractivity contribution in [1.82, 2.24) is 14.5 Å². The van der Waals surface area contributed by atoms with Crippen LogP contribution in [0.15, 0.2) is 18.2 Å². The summed E-state index contributed by atoms with van der Waals surface area (Å²) in [4.78, 5) is 7.43. The van der Waals surface area contributed by atoms with Gasteiger partial charge in [-0.25, -0.2) is 4.98 Å².